The van der Waals surface area contributed by atoms with Crippen LogP contribution >= 0.6 is 27.3 Å². The van der Waals surface area contributed by atoms with Gasteiger partial charge in [0, 0.05) is 15.5 Å². The molecular weight excluding hydrogens is 304 g/mol. The van der Waals surface area contributed by atoms with Crippen molar-refractivity contribution < 1.29 is 9.90 Å². The molecule has 2 N–H and O–H groups in total. The van der Waals surface area contributed by atoms with E-state index in [-0.39, 0.29) is 5.69 Å². The van der Waals surface area contributed by atoms with Gasteiger partial charge in [0.2, 0.25) is 0 Å². The number of anilines is 2. The molecule has 0 fully saturated rings. The maximum Gasteiger partial charge on any atom is 0.355 e. The van der Waals surface area contributed by atoms with E-state index in [1.165, 1.54) is 16.7 Å². The Labute approximate surface area is 110 Å². The Morgan fingerprint density at radius 3 is 2.88 bits per heavy atom. The lowest BCUT2D eigenvalue weighted by atomic mass is 10.2. The SMILES string of the molecule is Cc1cc(Br)ccc1Nc1nc(C(=O)O)cs1. The first-order valence-electron chi connectivity index (χ1n) is 4.78. The largest absolute Gasteiger partial charge is 0.476 e. The minimum Gasteiger partial charge on any atom is -0.476 e. The molecule has 0 atom stereocenters. The Morgan fingerprint density at radius 2 is 2.29 bits per heavy atom. The van der Waals surface area contributed by atoms with Gasteiger partial charge in [0.05, 0.1) is 0 Å². The van der Waals surface area contributed by atoms with E-state index < -0.39 is 5.97 Å². The number of hydrogen-bond acceptors (Lipinski definition) is 4. The summed E-state index contributed by atoms with van der Waals surface area (Å²) in [6.45, 7) is 1.97. The molecule has 0 saturated heterocycles. The van der Waals surface area contributed by atoms with Crippen LogP contribution in [0.4, 0.5) is 10.8 Å². The summed E-state index contributed by atoms with van der Waals surface area (Å²) >= 11 is 4.66. The minimum absolute atomic E-state index is 0.0623. The predicted molar refractivity (Wildman–Crippen MR) is 71.2 cm³/mol. The number of carboxylic acid groups (broad SMARTS) is 1. The highest BCUT2D eigenvalue weighted by atomic mass is 79.9. The predicted octanol–water partition coefficient (Wildman–Crippen LogP) is 3.66. The zero-order valence-corrected chi connectivity index (χ0v) is 11.3. The number of halogens is 1. The number of benzene rings is 1. The van der Waals surface area contributed by atoms with Gasteiger partial charge in [0.25, 0.3) is 0 Å². The molecule has 0 bridgehead atoms. The molecule has 6 heteroatoms. The number of nitrogens with one attached hydrogen (secondary N) is 1. The second-order valence-corrected chi connectivity index (χ2v) is 5.20. The van der Waals surface area contributed by atoms with E-state index in [0.717, 1.165) is 15.7 Å². The summed E-state index contributed by atoms with van der Waals surface area (Å²) in [6.07, 6.45) is 0. The molecule has 1 aromatic carbocycles. The number of hydrogen-bond donors (Lipinski definition) is 2. The van der Waals surface area contributed by atoms with Gasteiger partial charge in [0.15, 0.2) is 10.8 Å². The summed E-state index contributed by atoms with van der Waals surface area (Å²) < 4.78 is 1.01. The molecule has 2 rings (SSSR count). The van der Waals surface area contributed by atoms with Crippen LogP contribution in [0.1, 0.15) is 16.1 Å². The first kappa shape index (κ1) is 12.1. The van der Waals surface area contributed by atoms with Crippen molar-refractivity contribution in [3.63, 3.8) is 0 Å². The van der Waals surface area contributed by atoms with Crippen molar-refractivity contribution in [1.82, 2.24) is 4.98 Å². The van der Waals surface area contributed by atoms with E-state index in [0.29, 0.717) is 5.13 Å². The highest BCUT2D eigenvalue weighted by Gasteiger charge is 2.09. The van der Waals surface area contributed by atoms with Crippen LogP contribution in [0.25, 0.3) is 0 Å². The van der Waals surface area contributed by atoms with Gasteiger partial charge < -0.3 is 10.4 Å². The average Bonchev–Trinajstić information content (AvgIpc) is 2.71. The van der Waals surface area contributed by atoms with Crippen molar-refractivity contribution in [2.75, 3.05) is 5.32 Å². The Hall–Kier alpha value is -1.40. The van der Waals surface area contributed by atoms with Crippen LogP contribution in [0.2, 0.25) is 0 Å². The molecule has 0 aliphatic heterocycles. The fraction of sp³-hybridized carbons (Fsp3) is 0.0909. The number of aromatic nitrogens is 1. The minimum atomic E-state index is -1.01. The van der Waals surface area contributed by atoms with Gasteiger partial charge in [0.1, 0.15) is 0 Å². The maximum absolute atomic E-state index is 10.7. The molecule has 0 unspecified atom stereocenters. The zero-order chi connectivity index (χ0) is 12.4. The molecule has 0 amide bonds. The normalized spacial score (nSPS) is 10.2. The Kier molecular flexibility index (Phi) is 3.44. The molecule has 0 aliphatic carbocycles. The van der Waals surface area contributed by atoms with Crippen LogP contribution in [0.3, 0.4) is 0 Å². The summed E-state index contributed by atoms with van der Waals surface area (Å²) in [5.74, 6) is -1.01. The smallest absolute Gasteiger partial charge is 0.355 e. The molecule has 0 aliphatic rings. The fourth-order valence-corrected chi connectivity index (χ4v) is 2.48. The maximum atomic E-state index is 10.7. The molecular formula is C11H9BrN2O2S. The van der Waals surface area contributed by atoms with Crippen molar-refractivity contribution in [2.24, 2.45) is 0 Å². The van der Waals surface area contributed by atoms with Crippen molar-refractivity contribution >= 4 is 44.1 Å². The second kappa shape index (κ2) is 4.85. The average molecular weight is 313 g/mol. The number of carboxylic acids is 1. The molecule has 88 valence electrons. The summed E-state index contributed by atoms with van der Waals surface area (Å²) in [5, 5.41) is 14.0. The number of nitrogens with zero attached hydrogens (tertiary/aromatic N) is 1. The van der Waals surface area contributed by atoms with Gasteiger partial charge in [-0.2, -0.15) is 0 Å². The van der Waals surface area contributed by atoms with Crippen LogP contribution in [0.5, 0.6) is 0 Å². The lowest BCUT2D eigenvalue weighted by molar-refractivity contribution is 0.0691. The van der Waals surface area contributed by atoms with E-state index >= 15 is 0 Å². The number of thiazole rings is 1. The van der Waals surface area contributed by atoms with Crippen LogP contribution in [0, 0.1) is 6.92 Å². The lowest BCUT2D eigenvalue weighted by Gasteiger charge is -2.06. The molecule has 1 heterocycles. The van der Waals surface area contributed by atoms with Crippen LogP contribution < -0.4 is 5.32 Å². The summed E-state index contributed by atoms with van der Waals surface area (Å²) in [6, 6.07) is 5.82. The highest BCUT2D eigenvalue weighted by molar-refractivity contribution is 9.10. The number of aryl methyl sites for hydroxylation is 1. The molecule has 1 aromatic heterocycles. The third-order valence-electron chi connectivity index (χ3n) is 2.15. The van der Waals surface area contributed by atoms with Gasteiger partial charge in [-0.15, -0.1) is 11.3 Å². The van der Waals surface area contributed by atoms with Crippen LogP contribution in [-0.2, 0) is 0 Å². The van der Waals surface area contributed by atoms with Gasteiger partial charge in [-0.25, -0.2) is 9.78 Å². The van der Waals surface area contributed by atoms with Gasteiger partial charge in [-0.05, 0) is 30.7 Å². The van der Waals surface area contributed by atoms with Crippen LogP contribution in [-0.4, -0.2) is 16.1 Å². The zero-order valence-electron chi connectivity index (χ0n) is 8.90. The monoisotopic (exact) mass is 312 g/mol. The summed E-state index contributed by atoms with van der Waals surface area (Å²) in [7, 11) is 0. The quantitative estimate of drug-likeness (QED) is 0.908. The van der Waals surface area contributed by atoms with Crippen molar-refractivity contribution in [3.05, 3.63) is 39.3 Å². The molecule has 17 heavy (non-hydrogen) atoms. The molecule has 0 spiro atoms. The lowest BCUT2D eigenvalue weighted by Crippen LogP contribution is -1.97. The van der Waals surface area contributed by atoms with E-state index in [9.17, 15) is 4.79 Å². The Balaban J connectivity index is 2.22. The highest BCUT2D eigenvalue weighted by Crippen LogP contribution is 2.25. The van der Waals surface area contributed by atoms with Crippen molar-refractivity contribution in [2.45, 2.75) is 6.92 Å². The van der Waals surface area contributed by atoms with Gasteiger partial charge in [-0.1, -0.05) is 15.9 Å². The van der Waals surface area contributed by atoms with E-state index in [4.69, 9.17) is 5.11 Å². The summed E-state index contributed by atoms with van der Waals surface area (Å²) in [4.78, 5) is 14.7. The van der Waals surface area contributed by atoms with Crippen molar-refractivity contribution in [1.29, 1.82) is 0 Å². The topological polar surface area (TPSA) is 62.2 Å². The van der Waals surface area contributed by atoms with E-state index in [2.05, 4.69) is 26.2 Å². The Morgan fingerprint density at radius 1 is 1.53 bits per heavy atom. The fourth-order valence-electron chi connectivity index (χ4n) is 1.31. The first-order chi connectivity index (χ1) is 8.06. The second-order valence-electron chi connectivity index (χ2n) is 3.43. The van der Waals surface area contributed by atoms with Gasteiger partial charge in [-0.3, -0.25) is 0 Å². The standard InChI is InChI=1S/C11H9BrN2O2S/c1-6-4-7(12)2-3-8(6)13-11-14-9(5-17-11)10(15)16/h2-5H,1H3,(H,13,14)(H,15,16). The molecule has 4 nitrogen and oxygen atoms in total. The van der Waals surface area contributed by atoms with E-state index in [1.807, 2.05) is 25.1 Å². The molecule has 2 aromatic rings. The van der Waals surface area contributed by atoms with Crippen molar-refractivity contribution in [3.8, 4) is 0 Å². The summed E-state index contributed by atoms with van der Waals surface area (Å²) in [5.41, 5.74) is 2.04. The van der Waals surface area contributed by atoms with Gasteiger partial charge >= 0.3 is 5.97 Å². The third-order valence-corrected chi connectivity index (χ3v) is 3.40. The number of rotatable bonds is 3. The van der Waals surface area contributed by atoms with E-state index in [1.54, 1.807) is 0 Å². The number of aromatic carboxylic acids is 1. The third kappa shape index (κ3) is 2.83. The molecule has 0 saturated carbocycles. The Bertz CT molecular complexity index is 568. The number of carbonyl (C=O) groups is 1. The molecule has 0 radical (unpaired) electrons. The first-order valence-corrected chi connectivity index (χ1v) is 6.45. The van der Waals surface area contributed by atoms with Crippen LogP contribution in [0.15, 0.2) is 28.1 Å².